The Morgan fingerprint density at radius 2 is 2.07 bits per heavy atom. The number of aromatic amines is 1. The Hall–Kier alpha value is -2.51. The zero-order chi connectivity index (χ0) is 21.0. The summed E-state index contributed by atoms with van der Waals surface area (Å²) in [5.41, 5.74) is 6.14. The second-order valence-corrected chi connectivity index (χ2v) is 7.69. The number of fused-ring (bicyclic) bond motifs is 1. The van der Waals surface area contributed by atoms with Gasteiger partial charge in [-0.25, -0.2) is 0 Å². The molecule has 3 rings (SSSR count). The third-order valence-electron chi connectivity index (χ3n) is 4.75. The number of aryl methyl sites for hydroxylation is 1. The number of benzene rings is 1. The maximum Gasteiger partial charge on any atom is 0.261 e. The van der Waals surface area contributed by atoms with Gasteiger partial charge >= 0.3 is 0 Å². The van der Waals surface area contributed by atoms with E-state index in [1.807, 2.05) is 0 Å². The van der Waals surface area contributed by atoms with Crippen LogP contribution in [0, 0.1) is 0 Å². The molecule has 2 aromatic rings. The molecule has 1 aromatic heterocycles. The Balaban J connectivity index is 1.56. The van der Waals surface area contributed by atoms with E-state index < -0.39 is 11.5 Å². The Bertz CT molecular complexity index is 990. The normalized spacial score (nSPS) is 15.4. The molecule has 0 radical (unpaired) electrons. The van der Waals surface area contributed by atoms with Gasteiger partial charge in [-0.05, 0) is 55.5 Å². The van der Waals surface area contributed by atoms with Crippen molar-refractivity contribution in [3.8, 4) is 5.75 Å². The zero-order valence-corrected chi connectivity index (χ0v) is 17.1. The summed E-state index contributed by atoms with van der Waals surface area (Å²) in [5, 5.41) is 3.91. The SMILES string of the molecule is NC(=O)c1cc2c([nH]c1=O)CCCC2NC(=O)CCCOc1ccc(Cl)cc1Cl. The first-order valence-corrected chi connectivity index (χ1v) is 10.0. The van der Waals surface area contributed by atoms with Crippen LogP contribution in [0.3, 0.4) is 0 Å². The molecule has 1 atom stereocenters. The molecule has 0 saturated heterocycles. The number of pyridine rings is 1. The van der Waals surface area contributed by atoms with Gasteiger partial charge in [-0.2, -0.15) is 0 Å². The molecule has 1 aliphatic carbocycles. The molecule has 154 valence electrons. The lowest BCUT2D eigenvalue weighted by atomic mass is 9.90. The van der Waals surface area contributed by atoms with E-state index in [1.165, 1.54) is 6.07 Å². The van der Waals surface area contributed by atoms with E-state index >= 15 is 0 Å². The molecule has 0 bridgehead atoms. The van der Waals surface area contributed by atoms with Gasteiger partial charge in [0.05, 0.1) is 17.7 Å². The van der Waals surface area contributed by atoms with Gasteiger partial charge in [0, 0.05) is 17.1 Å². The van der Waals surface area contributed by atoms with Crippen molar-refractivity contribution in [1.29, 1.82) is 0 Å². The van der Waals surface area contributed by atoms with Crippen LogP contribution in [0.2, 0.25) is 10.0 Å². The lowest BCUT2D eigenvalue weighted by Gasteiger charge is -2.26. The molecule has 4 N–H and O–H groups in total. The fourth-order valence-corrected chi connectivity index (χ4v) is 3.81. The van der Waals surface area contributed by atoms with Gasteiger partial charge in [-0.15, -0.1) is 0 Å². The van der Waals surface area contributed by atoms with Crippen LogP contribution in [0.4, 0.5) is 0 Å². The monoisotopic (exact) mass is 437 g/mol. The second-order valence-electron chi connectivity index (χ2n) is 6.85. The minimum absolute atomic E-state index is 0.0989. The fourth-order valence-electron chi connectivity index (χ4n) is 3.35. The quantitative estimate of drug-likeness (QED) is 0.577. The van der Waals surface area contributed by atoms with Gasteiger partial charge in [0.15, 0.2) is 0 Å². The first-order valence-electron chi connectivity index (χ1n) is 9.28. The summed E-state index contributed by atoms with van der Waals surface area (Å²) in [6, 6.07) is 6.18. The number of halogens is 2. The van der Waals surface area contributed by atoms with E-state index in [2.05, 4.69) is 10.3 Å². The van der Waals surface area contributed by atoms with Crippen molar-refractivity contribution in [2.45, 2.75) is 38.1 Å². The summed E-state index contributed by atoms with van der Waals surface area (Å²) >= 11 is 11.9. The number of carbonyl (C=O) groups excluding carboxylic acids is 2. The molecule has 0 saturated carbocycles. The van der Waals surface area contributed by atoms with Crippen LogP contribution in [-0.2, 0) is 11.2 Å². The molecule has 7 nitrogen and oxygen atoms in total. The minimum atomic E-state index is -0.789. The summed E-state index contributed by atoms with van der Waals surface area (Å²) in [6.45, 7) is 0.329. The topological polar surface area (TPSA) is 114 Å². The van der Waals surface area contributed by atoms with Crippen molar-refractivity contribution < 1.29 is 14.3 Å². The smallest absolute Gasteiger partial charge is 0.261 e. The number of hydrogen-bond acceptors (Lipinski definition) is 4. The molecule has 1 unspecified atom stereocenters. The first kappa shape index (κ1) is 21.2. The van der Waals surface area contributed by atoms with Crippen molar-refractivity contribution in [2.24, 2.45) is 5.73 Å². The van der Waals surface area contributed by atoms with Crippen LogP contribution in [0.25, 0.3) is 0 Å². The molecule has 0 aliphatic heterocycles. The number of H-pyrrole nitrogens is 1. The molecular formula is C20H21Cl2N3O4. The Labute approximate surface area is 177 Å². The van der Waals surface area contributed by atoms with Crippen LogP contribution in [-0.4, -0.2) is 23.4 Å². The predicted octanol–water partition coefficient (Wildman–Crippen LogP) is 3.13. The Kier molecular flexibility index (Phi) is 6.82. The molecule has 1 heterocycles. The number of hydrogen-bond donors (Lipinski definition) is 3. The summed E-state index contributed by atoms with van der Waals surface area (Å²) in [7, 11) is 0. The summed E-state index contributed by atoms with van der Waals surface area (Å²) < 4.78 is 5.58. The van der Waals surface area contributed by atoms with Crippen LogP contribution >= 0.6 is 23.2 Å². The minimum Gasteiger partial charge on any atom is -0.492 e. The van der Waals surface area contributed by atoms with E-state index in [0.717, 1.165) is 24.1 Å². The van der Waals surface area contributed by atoms with Gasteiger partial charge in [0.2, 0.25) is 5.91 Å². The first-order chi connectivity index (χ1) is 13.8. The third kappa shape index (κ3) is 5.31. The van der Waals surface area contributed by atoms with Crippen molar-refractivity contribution >= 4 is 35.0 Å². The highest BCUT2D eigenvalue weighted by molar-refractivity contribution is 6.35. The largest absolute Gasteiger partial charge is 0.492 e. The number of amides is 2. The molecule has 1 aromatic carbocycles. The number of nitrogens with one attached hydrogen (secondary N) is 2. The number of carbonyl (C=O) groups is 2. The summed E-state index contributed by atoms with van der Waals surface area (Å²) in [6.07, 6.45) is 3.00. The van der Waals surface area contributed by atoms with Crippen LogP contribution < -0.4 is 21.3 Å². The van der Waals surface area contributed by atoms with Crippen molar-refractivity contribution in [2.75, 3.05) is 6.61 Å². The number of nitrogens with two attached hydrogens (primary N) is 1. The van der Waals surface area contributed by atoms with Gasteiger partial charge in [-0.1, -0.05) is 23.2 Å². The highest BCUT2D eigenvalue weighted by atomic mass is 35.5. The summed E-state index contributed by atoms with van der Waals surface area (Å²) in [5.74, 6) is -0.413. The maximum absolute atomic E-state index is 12.4. The van der Waals surface area contributed by atoms with Crippen LogP contribution in [0.5, 0.6) is 5.75 Å². The van der Waals surface area contributed by atoms with Gasteiger partial charge < -0.3 is 20.8 Å². The van der Waals surface area contributed by atoms with E-state index in [-0.39, 0.29) is 23.9 Å². The lowest BCUT2D eigenvalue weighted by Crippen LogP contribution is -2.34. The highest BCUT2D eigenvalue weighted by Crippen LogP contribution is 2.29. The Morgan fingerprint density at radius 1 is 1.28 bits per heavy atom. The molecule has 0 spiro atoms. The fraction of sp³-hybridized carbons (Fsp3) is 0.350. The van der Waals surface area contributed by atoms with Gasteiger partial charge in [0.1, 0.15) is 11.3 Å². The van der Waals surface area contributed by atoms with E-state index in [4.69, 9.17) is 33.7 Å². The van der Waals surface area contributed by atoms with Crippen molar-refractivity contribution in [1.82, 2.24) is 10.3 Å². The molecule has 1 aliphatic rings. The number of primary amides is 1. The lowest BCUT2D eigenvalue weighted by molar-refractivity contribution is -0.122. The van der Waals surface area contributed by atoms with Crippen molar-refractivity contribution in [3.63, 3.8) is 0 Å². The number of aromatic nitrogens is 1. The van der Waals surface area contributed by atoms with Gasteiger partial charge in [0.25, 0.3) is 11.5 Å². The Morgan fingerprint density at radius 3 is 2.79 bits per heavy atom. The average Bonchev–Trinajstić information content (AvgIpc) is 2.66. The van der Waals surface area contributed by atoms with Crippen molar-refractivity contribution in [3.05, 3.63) is 61.5 Å². The van der Waals surface area contributed by atoms with E-state index in [1.54, 1.807) is 18.2 Å². The molecule has 0 fully saturated rings. The van der Waals surface area contributed by atoms with Crippen LogP contribution in [0.1, 0.15) is 53.3 Å². The number of rotatable bonds is 7. The van der Waals surface area contributed by atoms with Gasteiger partial charge in [-0.3, -0.25) is 14.4 Å². The molecule has 29 heavy (non-hydrogen) atoms. The zero-order valence-electron chi connectivity index (χ0n) is 15.6. The van der Waals surface area contributed by atoms with E-state index in [9.17, 15) is 14.4 Å². The highest BCUT2D eigenvalue weighted by Gasteiger charge is 2.24. The van der Waals surface area contributed by atoms with Crippen LogP contribution in [0.15, 0.2) is 29.1 Å². The second kappa shape index (κ2) is 9.33. The molecule has 9 heteroatoms. The standard InChI is InChI=1S/C20H21Cl2N3O4/c21-11-6-7-17(14(22)9-11)29-8-2-5-18(26)24-15-3-1-4-16-12(15)10-13(19(23)27)20(28)25-16/h6-7,9-10,15H,1-5,8H2,(H2,23,27)(H,24,26)(H,25,28). The maximum atomic E-state index is 12.4. The third-order valence-corrected chi connectivity index (χ3v) is 5.28. The molecule has 2 amide bonds. The number of ether oxygens (including phenoxy) is 1. The summed E-state index contributed by atoms with van der Waals surface area (Å²) in [4.78, 5) is 38.4. The molecular weight excluding hydrogens is 417 g/mol. The average molecular weight is 438 g/mol. The predicted molar refractivity (Wildman–Crippen MR) is 111 cm³/mol. The van der Waals surface area contributed by atoms with E-state index in [0.29, 0.717) is 35.2 Å².